The standard InChI is InChI=1S/C14H18N4O2/c1-4-15-13-8-16-11(7-17-13)14(19)18-10(3)12-6-5-9(2)20-12/h5-8,10H,4H2,1-3H3,(H,15,17)(H,18,19). The van der Waals surface area contributed by atoms with Crippen LogP contribution in [0.4, 0.5) is 5.82 Å². The Morgan fingerprint density at radius 2 is 2.15 bits per heavy atom. The van der Waals surface area contributed by atoms with Gasteiger partial charge in [0.2, 0.25) is 0 Å². The van der Waals surface area contributed by atoms with Crippen molar-refractivity contribution in [1.82, 2.24) is 15.3 Å². The molecule has 2 aromatic heterocycles. The normalized spacial score (nSPS) is 11.9. The van der Waals surface area contributed by atoms with Crippen molar-refractivity contribution in [3.63, 3.8) is 0 Å². The minimum atomic E-state index is -0.276. The Bertz CT molecular complexity index is 577. The zero-order chi connectivity index (χ0) is 14.5. The highest BCUT2D eigenvalue weighted by Gasteiger charge is 2.15. The van der Waals surface area contributed by atoms with Gasteiger partial charge in [-0.25, -0.2) is 9.97 Å². The van der Waals surface area contributed by atoms with Crippen molar-refractivity contribution in [2.24, 2.45) is 0 Å². The van der Waals surface area contributed by atoms with Gasteiger partial charge in [0.1, 0.15) is 23.0 Å². The van der Waals surface area contributed by atoms with Crippen LogP contribution in [-0.2, 0) is 0 Å². The van der Waals surface area contributed by atoms with Crippen LogP contribution in [0.2, 0.25) is 0 Å². The van der Waals surface area contributed by atoms with Crippen molar-refractivity contribution in [1.29, 1.82) is 0 Å². The Labute approximate surface area is 117 Å². The third-order valence-electron chi connectivity index (χ3n) is 2.78. The Kier molecular flexibility index (Phi) is 4.34. The molecule has 1 unspecified atom stereocenters. The number of aromatic nitrogens is 2. The Morgan fingerprint density at radius 3 is 2.70 bits per heavy atom. The van der Waals surface area contributed by atoms with Gasteiger partial charge < -0.3 is 15.1 Å². The number of nitrogens with one attached hydrogen (secondary N) is 2. The SMILES string of the molecule is CCNc1cnc(C(=O)NC(C)c2ccc(C)o2)cn1. The van der Waals surface area contributed by atoms with E-state index in [9.17, 15) is 4.79 Å². The molecule has 0 aliphatic heterocycles. The van der Waals surface area contributed by atoms with Crippen molar-refractivity contribution in [2.75, 3.05) is 11.9 Å². The number of hydrogen-bond acceptors (Lipinski definition) is 5. The number of hydrogen-bond donors (Lipinski definition) is 2. The van der Waals surface area contributed by atoms with Gasteiger partial charge in [-0.05, 0) is 32.9 Å². The summed E-state index contributed by atoms with van der Waals surface area (Å²) in [6.07, 6.45) is 2.99. The summed E-state index contributed by atoms with van der Waals surface area (Å²) >= 11 is 0. The van der Waals surface area contributed by atoms with Crippen molar-refractivity contribution in [3.8, 4) is 0 Å². The summed E-state index contributed by atoms with van der Waals surface area (Å²) in [6.45, 7) is 6.45. The molecule has 0 saturated carbocycles. The predicted molar refractivity (Wildman–Crippen MR) is 75.5 cm³/mol. The smallest absolute Gasteiger partial charge is 0.272 e. The monoisotopic (exact) mass is 274 g/mol. The molecular formula is C14H18N4O2. The van der Waals surface area contributed by atoms with Gasteiger partial charge in [0.05, 0.1) is 18.4 Å². The molecule has 0 aromatic carbocycles. The summed E-state index contributed by atoms with van der Waals surface area (Å²) in [6, 6.07) is 3.50. The Balaban J connectivity index is 2.00. The molecule has 6 heteroatoms. The van der Waals surface area contributed by atoms with Crippen LogP contribution in [0.25, 0.3) is 0 Å². The van der Waals surface area contributed by atoms with Gasteiger partial charge in [-0.2, -0.15) is 0 Å². The number of nitrogens with zero attached hydrogens (tertiary/aromatic N) is 2. The molecule has 1 amide bonds. The van der Waals surface area contributed by atoms with Gasteiger partial charge in [-0.15, -0.1) is 0 Å². The highest BCUT2D eigenvalue weighted by molar-refractivity contribution is 5.92. The summed E-state index contributed by atoms with van der Waals surface area (Å²) in [5.74, 6) is 1.91. The van der Waals surface area contributed by atoms with Crippen LogP contribution < -0.4 is 10.6 Å². The number of amides is 1. The van der Waals surface area contributed by atoms with E-state index in [-0.39, 0.29) is 17.6 Å². The molecule has 2 aromatic rings. The second kappa shape index (κ2) is 6.18. The minimum Gasteiger partial charge on any atom is -0.464 e. The zero-order valence-corrected chi connectivity index (χ0v) is 11.8. The van der Waals surface area contributed by atoms with E-state index in [1.807, 2.05) is 32.9 Å². The van der Waals surface area contributed by atoms with Crippen LogP contribution in [0.15, 0.2) is 28.9 Å². The number of furan rings is 1. The maximum Gasteiger partial charge on any atom is 0.272 e. The number of rotatable bonds is 5. The highest BCUT2D eigenvalue weighted by Crippen LogP contribution is 2.15. The summed E-state index contributed by atoms with van der Waals surface area (Å²) in [4.78, 5) is 20.2. The first kappa shape index (κ1) is 14.0. The highest BCUT2D eigenvalue weighted by atomic mass is 16.3. The molecular weight excluding hydrogens is 256 g/mol. The molecule has 0 saturated heterocycles. The first-order valence-electron chi connectivity index (χ1n) is 6.53. The van der Waals surface area contributed by atoms with Gasteiger partial charge in [-0.1, -0.05) is 0 Å². The molecule has 1 atom stereocenters. The van der Waals surface area contributed by atoms with Crippen molar-refractivity contribution in [3.05, 3.63) is 41.7 Å². The molecule has 0 aliphatic carbocycles. The van der Waals surface area contributed by atoms with Crippen LogP contribution >= 0.6 is 0 Å². The van der Waals surface area contributed by atoms with E-state index < -0.39 is 0 Å². The summed E-state index contributed by atoms with van der Waals surface area (Å²) < 4.78 is 5.47. The third kappa shape index (κ3) is 3.34. The first-order valence-corrected chi connectivity index (χ1v) is 6.53. The van der Waals surface area contributed by atoms with E-state index in [1.165, 1.54) is 6.20 Å². The molecule has 0 radical (unpaired) electrons. The summed E-state index contributed by atoms with van der Waals surface area (Å²) in [5.41, 5.74) is 0.279. The third-order valence-corrected chi connectivity index (χ3v) is 2.78. The van der Waals surface area contributed by atoms with E-state index >= 15 is 0 Å². The van der Waals surface area contributed by atoms with Crippen LogP contribution in [-0.4, -0.2) is 22.4 Å². The molecule has 2 heterocycles. The van der Waals surface area contributed by atoms with Gasteiger partial charge in [-0.3, -0.25) is 4.79 Å². The van der Waals surface area contributed by atoms with Gasteiger partial charge in [0, 0.05) is 6.54 Å². The number of carbonyl (C=O) groups excluding carboxylic acids is 1. The second-order valence-electron chi connectivity index (χ2n) is 4.46. The fraction of sp³-hybridized carbons (Fsp3) is 0.357. The zero-order valence-electron chi connectivity index (χ0n) is 11.8. The van der Waals surface area contributed by atoms with E-state index in [0.717, 1.165) is 12.3 Å². The second-order valence-corrected chi connectivity index (χ2v) is 4.46. The van der Waals surface area contributed by atoms with Gasteiger partial charge in [0.15, 0.2) is 0 Å². The fourth-order valence-electron chi connectivity index (χ4n) is 1.75. The topological polar surface area (TPSA) is 80.0 Å². The molecule has 0 spiro atoms. The Morgan fingerprint density at radius 1 is 1.35 bits per heavy atom. The van der Waals surface area contributed by atoms with E-state index in [1.54, 1.807) is 6.20 Å². The minimum absolute atomic E-state index is 0.216. The fourth-order valence-corrected chi connectivity index (χ4v) is 1.75. The molecule has 0 aliphatic rings. The van der Waals surface area contributed by atoms with Crippen LogP contribution in [0.1, 0.15) is 41.9 Å². The van der Waals surface area contributed by atoms with Crippen molar-refractivity contribution >= 4 is 11.7 Å². The maximum atomic E-state index is 12.0. The lowest BCUT2D eigenvalue weighted by Gasteiger charge is -2.11. The molecule has 0 fully saturated rings. The molecule has 2 rings (SSSR count). The number of aryl methyl sites for hydroxylation is 1. The predicted octanol–water partition coefficient (Wildman–Crippen LogP) is 2.30. The maximum absolute atomic E-state index is 12.0. The van der Waals surface area contributed by atoms with E-state index in [4.69, 9.17) is 4.42 Å². The summed E-state index contributed by atoms with van der Waals surface area (Å²) in [5, 5.41) is 5.84. The van der Waals surface area contributed by atoms with Crippen LogP contribution in [0.5, 0.6) is 0 Å². The number of anilines is 1. The first-order chi connectivity index (χ1) is 9.60. The lowest BCUT2D eigenvalue weighted by atomic mass is 10.2. The quantitative estimate of drug-likeness (QED) is 0.874. The van der Waals surface area contributed by atoms with Crippen LogP contribution in [0.3, 0.4) is 0 Å². The largest absolute Gasteiger partial charge is 0.464 e. The lowest BCUT2D eigenvalue weighted by Crippen LogP contribution is -2.27. The van der Waals surface area contributed by atoms with Crippen molar-refractivity contribution in [2.45, 2.75) is 26.8 Å². The van der Waals surface area contributed by atoms with E-state index in [2.05, 4.69) is 20.6 Å². The van der Waals surface area contributed by atoms with Crippen molar-refractivity contribution < 1.29 is 9.21 Å². The van der Waals surface area contributed by atoms with E-state index in [0.29, 0.717) is 11.6 Å². The number of carbonyl (C=O) groups is 1. The molecule has 20 heavy (non-hydrogen) atoms. The molecule has 0 bridgehead atoms. The molecule has 6 nitrogen and oxygen atoms in total. The molecule has 106 valence electrons. The lowest BCUT2D eigenvalue weighted by molar-refractivity contribution is 0.0929. The Hall–Kier alpha value is -2.37. The van der Waals surface area contributed by atoms with Gasteiger partial charge in [0.25, 0.3) is 5.91 Å². The summed E-state index contributed by atoms with van der Waals surface area (Å²) in [7, 11) is 0. The molecule has 2 N–H and O–H groups in total. The van der Waals surface area contributed by atoms with Crippen LogP contribution in [0, 0.1) is 6.92 Å². The average molecular weight is 274 g/mol. The average Bonchev–Trinajstić information content (AvgIpc) is 2.86. The van der Waals surface area contributed by atoms with Gasteiger partial charge >= 0.3 is 0 Å².